The SMILES string of the molecule is O=S(=O)(CCO)c1cccc(Br)c1. The Hall–Kier alpha value is -0.390. The monoisotopic (exact) mass is 264 g/mol. The lowest BCUT2D eigenvalue weighted by atomic mass is 10.4. The summed E-state index contributed by atoms with van der Waals surface area (Å²) in [4.78, 5) is 0.232. The van der Waals surface area contributed by atoms with E-state index in [9.17, 15) is 8.42 Å². The third kappa shape index (κ3) is 2.79. The number of hydrogen-bond acceptors (Lipinski definition) is 3. The van der Waals surface area contributed by atoms with E-state index in [4.69, 9.17) is 5.11 Å². The summed E-state index contributed by atoms with van der Waals surface area (Å²) in [5.74, 6) is -0.233. The predicted molar refractivity (Wildman–Crippen MR) is 53.3 cm³/mol. The summed E-state index contributed by atoms with van der Waals surface area (Å²) >= 11 is 3.18. The van der Waals surface area contributed by atoms with Crippen molar-refractivity contribution >= 4 is 25.8 Å². The van der Waals surface area contributed by atoms with Crippen LogP contribution in [0.4, 0.5) is 0 Å². The van der Waals surface area contributed by atoms with Gasteiger partial charge in [0.25, 0.3) is 0 Å². The van der Waals surface area contributed by atoms with Gasteiger partial charge in [-0.05, 0) is 18.2 Å². The van der Waals surface area contributed by atoms with Crippen molar-refractivity contribution in [2.75, 3.05) is 12.4 Å². The van der Waals surface area contributed by atoms with Crippen LogP contribution in [0.25, 0.3) is 0 Å². The van der Waals surface area contributed by atoms with Crippen molar-refractivity contribution in [3.63, 3.8) is 0 Å². The Labute approximate surface area is 85.4 Å². The summed E-state index contributed by atoms with van der Waals surface area (Å²) in [5.41, 5.74) is 0. The summed E-state index contributed by atoms with van der Waals surface area (Å²) in [7, 11) is -3.31. The predicted octanol–water partition coefficient (Wildman–Crippen LogP) is 1.22. The largest absolute Gasteiger partial charge is 0.395 e. The standard InChI is InChI=1S/C8H9BrO3S/c9-7-2-1-3-8(6-7)13(11,12)5-4-10/h1-3,6,10H,4-5H2. The minimum atomic E-state index is -3.31. The van der Waals surface area contributed by atoms with Gasteiger partial charge in [0.15, 0.2) is 9.84 Å². The van der Waals surface area contributed by atoms with Gasteiger partial charge in [0.05, 0.1) is 17.3 Å². The molecule has 0 spiro atoms. The van der Waals surface area contributed by atoms with E-state index in [1.807, 2.05) is 0 Å². The number of rotatable bonds is 3. The van der Waals surface area contributed by atoms with Crippen LogP contribution in [-0.2, 0) is 9.84 Å². The second-order valence-electron chi connectivity index (χ2n) is 2.50. The first-order valence-corrected chi connectivity index (χ1v) is 6.10. The molecule has 0 unspecified atom stereocenters. The summed E-state index contributed by atoms with van der Waals surface area (Å²) in [5, 5.41) is 8.54. The molecule has 0 aliphatic carbocycles. The average Bonchev–Trinajstić information content (AvgIpc) is 2.04. The molecule has 13 heavy (non-hydrogen) atoms. The van der Waals surface area contributed by atoms with Crippen LogP contribution in [0.3, 0.4) is 0 Å². The van der Waals surface area contributed by atoms with Gasteiger partial charge < -0.3 is 5.11 Å². The normalized spacial score (nSPS) is 11.5. The molecule has 5 heteroatoms. The van der Waals surface area contributed by atoms with E-state index in [0.717, 1.165) is 0 Å². The maximum atomic E-state index is 11.4. The minimum absolute atomic E-state index is 0.232. The number of halogens is 1. The maximum Gasteiger partial charge on any atom is 0.180 e. The first kappa shape index (κ1) is 10.7. The number of sulfone groups is 1. The molecule has 0 amide bonds. The fourth-order valence-electron chi connectivity index (χ4n) is 0.898. The van der Waals surface area contributed by atoms with Crippen molar-refractivity contribution < 1.29 is 13.5 Å². The van der Waals surface area contributed by atoms with Gasteiger partial charge >= 0.3 is 0 Å². The molecular formula is C8H9BrO3S. The molecule has 0 aromatic heterocycles. The van der Waals surface area contributed by atoms with Crippen LogP contribution in [0.2, 0.25) is 0 Å². The van der Waals surface area contributed by atoms with Crippen molar-refractivity contribution in [2.45, 2.75) is 4.90 Å². The molecule has 72 valence electrons. The molecular weight excluding hydrogens is 256 g/mol. The summed E-state index contributed by atoms with van der Waals surface area (Å²) in [6, 6.07) is 6.42. The molecule has 0 heterocycles. The molecule has 0 saturated carbocycles. The highest BCUT2D eigenvalue weighted by Crippen LogP contribution is 2.16. The molecule has 0 radical (unpaired) electrons. The molecule has 3 nitrogen and oxygen atoms in total. The molecule has 0 aliphatic heterocycles. The molecule has 0 bridgehead atoms. The Kier molecular flexibility index (Phi) is 3.47. The Bertz CT molecular complexity index is 386. The highest BCUT2D eigenvalue weighted by atomic mass is 79.9. The molecule has 0 aliphatic rings. The van der Waals surface area contributed by atoms with E-state index in [-0.39, 0.29) is 17.3 Å². The third-order valence-electron chi connectivity index (χ3n) is 1.52. The van der Waals surface area contributed by atoms with E-state index in [2.05, 4.69) is 15.9 Å². The lowest BCUT2D eigenvalue weighted by molar-refractivity contribution is 0.319. The number of benzene rings is 1. The van der Waals surface area contributed by atoms with E-state index < -0.39 is 9.84 Å². The van der Waals surface area contributed by atoms with Gasteiger partial charge in [-0.25, -0.2) is 8.42 Å². The van der Waals surface area contributed by atoms with Crippen molar-refractivity contribution in [1.29, 1.82) is 0 Å². The van der Waals surface area contributed by atoms with E-state index in [0.29, 0.717) is 4.47 Å². The maximum absolute atomic E-state index is 11.4. The summed E-state index contributed by atoms with van der Waals surface area (Å²) in [6.07, 6.45) is 0. The quantitative estimate of drug-likeness (QED) is 0.893. The number of aliphatic hydroxyl groups excluding tert-OH is 1. The molecule has 0 atom stereocenters. The zero-order chi connectivity index (χ0) is 9.90. The van der Waals surface area contributed by atoms with Crippen LogP contribution in [-0.4, -0.2) is 25.9 Å². The first-order valence-electron chi connectivity index (χ1n) is 3.65. The van der Waals surface area contributed by atoms with Gasteiger partial charge in [-0.15, -0.1) is 0 Å². The fourth-order valence-corrected chi connectivity index (χ4v) is 2.52. The van der Waals surface area contributed by atoms with Crippen molar-refractivity contribution in [1.82, 2.24) is 0 Å². The van der Waals surface area contributed by atoms with E-state index in [1.165, 1.54) is 12.1 Å². The van der Waals surface area contributed by atoms with Gasteiger partial charge in [-0.2, -0.15) is 0 Å². The second kappa shape index (κ2) is 4.21. The lowest BCUT2D eigenvalue weighted by Crippen LogP contribution is -2.09. The third-order valence-corrected chi connectivity index (χ3v) is 3.70. The molecule has 1 N–H and O–H groups in total. The molecule has 0 fully saturated rings. The van der Waals surface area contributed by atoms with Crippen LogP contribution < -0.4 is 0 Å². The molecule has 1 aromatic carbocycles. The fraction of sp³-hybridized carbons (Fsp3) is 0.250. The Balaban J connectivity index is 3.08. The molecule has 0 saturated heterocycles. The Morgan fingerprint density at radius 1 is 1.38 bits per heavy atom. The second-order valence-corrected chi connectivity index (χ2v) is 5.52. The van der Waals surface area contributed by atoms with Gasteiger partial charge in [-0.1, -0.05) is 22.0 Å². The van der Waals surface area contributed by atoms with Crippen molar-refractivity contribution in [3.8, 4) is 0 Å². The van der Waals surface area contributed by atoms with Crippen molar-refractivity contribution in [3.05, 3.63) is 28.7 Å². The lowest BCUT2D eigenvalue weighted by Gasteiger charge is -2.01. The van der Waals surface area contributed by atoms with Gasteiger partial charge in [0.2, 0.25) is 0 Å². The van der Waals surface area contributed by atoms with E-state index >= 15 is 0 Å². The Morgan fingerprint density at radius 2 is 2.08 bits per heavy atom. The van der Waals surface area contributed by atoms with Gasteiger partial charge in [0.1, 0.15) is 0 Å². The highest BCUT2D eigenvalue weighted by Gasteiger charge is 2.12. The zero-order valence-corrected chi connectivity index (χ0v) is 9.18. The van der Waals surface area contributed by atoms with Crippen LogP contribution in [0.15, 0.2) is 33.6 Å². The Morgan fingerprint density at radius 3 is 2.62 bits per heavy atom. The summed E-state index contributed by atoms with van der Waals surface area (Å²) < 4.78 is 23.5. The average molecular weight is 265 g/mol. The highest BCUT2D eigenvalue weighted by molar-refractivity contribution is 9.10. The van der Waals surface area contributed by atoms with Crippen LogP contribution in [0, 0.1) is 0 Å². The zero-order valence-electron chi connectivity index (χ0n) is 6.77. The summed E-state index contributed by atoms with van der Waals surface area (Å²) in [6.45, 7) is -0.352. The smallest absolute Gasteiger partial charge is 0.180 e. The number of aliphatic hydroxyl groups is 1. The minimum Gasteiger partial charge on any atom is -0.395 e. The first-order chi connectivity index (χ1) is 6.06. The van der Waals surface area contributed by atoms with Crippen LogP contribution in [0.1, 0.15) is 0 Å². The van der Waals surface area contributed by atoms with Crippen molar-refractivity contribution in [2.24, 2.45) is 0 Å². The van der Waals surface area contributed by atoms with E-state index in [1.54, 1.807) is 12.1 Å². The topological polar surface area (TPSA) is 54.4 Å². The van der Waals surface area contributed by atoms with Crippen LogP contribution in [0.5, 0.6) is 0 Å². The molecule has 1 aromatic rings. The van der Waals surface area contributed by atoms with Gasteiger partial charge in [-0.3, -0.25) is 0 Å². The van der Waals surface area contributed by atoms with Crippen LogP contribution >= 0.6 is 15.9 Å². The molecule has 1 rings (SSSR count). The van der Waals surface area contributed by atoms with Gasteiger partial charge in [0, 0.05) is 4.47 Å². The number of hydrogen-bond donors (Lipinski definition) is 1.